The number of ether oxygens (including phenoxy) is 1. The van der Waals surface area contributed by atoms with Gasteiger partial charge in [0.15, 0.2) is 0 Å². The number of aliphatic hydroxyl groups is 1. The first-order valence-electron chi connectivity index (χ1n) is 12.7. The summed E-state index contributed by atoms with van der Waals surface area (Å²) >= 11 is 14.4. The van der Waals surface area contributed by atoms with Crippen molar-refractivity contribution in [2.75, 3.05) is 0 Å². The average molecular weight is 564 g/mol. The largest absolute Gasteiger partial charge is 0.481 e. The lowest BCUT2D eigenvalue weighted by atomic mass is 9.72. The Morgan fingerprint density at radius 3 is 2.68 bits per heavy atom. The smallest absolute Gasteiger partial charge is 0.309 e. The van der Waals surface area contributed by atoms with Crippen LogP contribution in [-0.4, -0.2) is 32.4 Å². The van der Waals surface area contributed by atoms with Gasteiger partial charge in [0.1, 0.15) is 22.1 Å². The van der Waals surface area contributed by atoms with Crippen molar-refractivity contribution in [1.82, 2.24) is 10.1 Å². The van der Waals surface area contributed by atoms with Crippen molar-refractivity contribution >= 4 is 40.5 Å². The van der Waals surface area contributed by atoms with Crippen molar-refractivity contribution in [2.45, 2.75) is 69.7 Å². The van der Waals surface area contributed by atoms with Crippen LogP contribution in [0.3, 0.4) is 0 Å². The molecule has 0 amide bonds. The Kier molecular flexibility index (Phi) is 6.60. The van der Waals surface area contributed by atoms with Gasteiger partial charge in [-0.2, -0.15) is 0 Å². The van der Waals surface area contributed by atoms with Gasteiger partial charge in [-0.1, -0.05) is 41.3 Å². The zero-order valence-electron chi connectivity index (χ0n) is 20.3. The van der Waals surface area contributed by atoms with Crippen molar-refractivity contribution in [3.8, 4) is 11.3 Å². The van der Waals surface area contributed by atoms with E-state index in [2.05, 4.69) is 17.1 Å². The van der Waals surface area contributed by atoms with E-state index in [0.29, 0.717) is 63.3 Å². The maximum Gasteiger partial charge on any atom is 0.309 e. The van der Waals surface area contributed by atoms with Crippen LogP contribution in [0, 0.1) is 17.8 Å². The van der Waals surface area contributed by atoms with Gasteiger partial charge in [0.05, 0.1) is 34.9 Å². The van der Waals surface area contributed by atoms with Crippen LogP contribution < -0.4 is 0 Å². The van der Waals surface area contributed by atoms with Gasteiger partial charge in [-0.15, -0.1) is 11.3 Å². The second-order valence-electron chi connectivity index (χ2n) is 10.7. The Bertz CT molecular complexity index is 1320. The molecule has 2 bridgehead atoms. The Morgan fingerprint density at radius 1 is 1.24 bits per heavy atom. The second-order valence-corrected chi connectivity index (χ2v) is 12.4. The number of carbonyl (C=O) groups is 1. The van der Waals surface area contributed by atoms with E-state index < -0.39 is 11.6 Å². The molecule has 3 aromatic rings. The fraction of sp³-hybridized carbons (Fsp3) is 0.519. The molecule has 3 saturated carbocycles. The number of rotatable bonds is 8. The lowest BCUT2D eigenvalue weighted by Gasteiger charge is -2.42. The monoisotopic (exact) mass is 562 g/mol. The van der Waals surface area contributed by atoms with Gasteiger partial charge < -0.3 is 19.5 Å². The minimum atomic E-state index is -1.05. The molecule has 196 valence electrons. The normalized spacial score (nSPS) is 29.1. The van der Waals surface area contributed by atoms with Crippen LogP contribution in [0.5, 0.6) is 0 Å². The molecule has 0 saturated heterocycles. The number of nitrogens with zero attached hydrogens (tertiary/aromatic N) is 2. The third-order valence-electron chi connectivity index (χ3n) is 8.25. The quantitative estimate of drug-likeness (QED) is 0.325. The molecule has 3 aliphatic rings. The fourth-order valence-electron chi connectivity index (χ4n) is 6.36. The molecule has 0 aliphatic heterocycles. The van der Waals surface area contributed by atoms with E-state index in [1.54, 1.807) is 23.6 Å². The minimum absolute atomic E-state index is 0.00191. The standard InChI is InChI=1S/C27H28Cl2N2O5S/c1-13-7-15-8-17(10-19(13)27(15,34)26-30-16(12-37-26)9-22(32)33)35-11-18-24(31-36-25(18)14-5-6-14)23-20(28)3-2-4-21(23)29/h2-4,12-15,17,19,34H,5-11H2,1H3,(H,32,33)/t13-,15+,17+,19+,27-/m0/s1. The van der Waals surface area contributed by atoms with Crippen LogP contribution in [0.2, 0.25) is 10.0 Å². The number of thiazole rings is 1. The van der Waals surface area contributed by atoms with E-state index in [1.165, 1.54) is 11.3 Å². The molecule has 2 heterocycles. The highest BCUT2D eigenvalue weighted by atomic mass is 35.5. The van der Waals surface area contributed by atoms with Gasteiger partial charge in [-0.05, 0) is 62.0 Å². The second kappa shape index (κ2) is 9.65. The highest BCUT2D eigenvalue weighted by Crippen LogP contribution is 2.58. The van der Waals surface area contributed by atoms with E-state index in [-0.39, 0.29) is 24.4 Å². The number of fused-ring (bicyclic) bond motifs is 2. The summed E-state index contributed by atoms with van der Waals surface area (Å²) in [4.78, 5) is 15.7. The maximum absolute atomic E-state index is 11.9. The van der Waals surface area contributed by atoms with Gasteiger partial charge in [0.25, 0.3) is 0 Å². The van der Waals surface area contributed by atoms with Crippen molar-refractivity contribution in [2.24, 2.45) is 17.8 Å². The fourth-order valence-corrected chi connectivity index (χ4v) is 8.00. The highest BCUT2D eigenvalue weighted by Gasteiger charge is 2.59. The van der Waals surface area contributed by atoms with Crippen LogP contribution in [0.25, 0.3) is 11.3 Å². The Morgan fingerprint density at radius 2 is 2.00 bits per heavy atom. The molecule has 2 aromatic heterocycles. The number of halogens is 2. The molecule has 0 radical (unpaired) electrons. The predicted molar refractivity (Wildman–Crippen MR) is 140 cm³/mol. The molecule has 0 unspecified atom stereocenters. The van der Waals surface area contributed by atoms with E-state index in [0.717, 1.165) is 30.6 Å². The molecule has 2 N–H and O–H groups in total. The summed E-state index contributed by atoms with van der Waals surface area (Å²) in [6.45, 7) is 2.51. The molecule has 7 nitrogen and oxygen atoms in total. The summed E-state index contributed by atoms with van der Waals surface area (Å²) in [6, 6.07) is 5.39. The van der Waals surface area contributed by atoms with Crippen LogP contribution in [0.4, 0.5) is 0 Å². The number of hydrogen-bond donors (Lipinski definition) is 2. The molecule has 10 heteroatoms. The molecule has 3 aliphatic carbocycles. The molecular weight excluding hydrogens is 535 g/mol. The first-order chi connectivity index (χ1) is 17.8. The predicted octanol–water partition coefficient (Wildman–Crippen LogP) is 6.45. The lowest BCUT2D eigenvalue weighted by molar-refractivity contribution is -0.136. The number of carboxylic acid groups (broad SMARTS) is 1. The van der Waals surface area contributed by atoms with Gasteiger partial charge in [0.2, 0.25) is 0 Å². The number of aromatic nitrogens is 2. The van der Waals surface area contributed by atoms with E-state index in [1.807, 2.05) is 0 Å². The SMILES string of the molecule is C[C@H]1C[C@@H]2C[C@@H](OCc3c(-c4c(Cl)cccc4Cl)noc3C3CC3)C[C@H]1[C@]2(O)c1nc(CC(=O)O)cs1. The topological polar surface area (TPSA) is 106 Å². The third-order valence-corrected chi connectivity index (χ3v) is 9.91. The summed E-state index contributed by atoms with van der Waals surface area (Å²) < 4.78 is 12.3. The Hall–Kier alpha value is -1.97. The lowest BCUT2D eigenvalue weighted by Crippen LogP contribution is -2.45. The van der Waals surface area contributed by atoms with E-state index >= 15 is 0 Å². The number of hydrogen-bond acceptors (Lipinski definition) is 7. The van der Waals surface area contributed by atoms with Gasteiger partial charge in [-0.25, -0.2) is 4.98 Å². The summed E-state index contributed by atoms with van der Waals surface area (Å²) in [5.41, 5.74) is 1.64. The van der Waals surface area contributed by atoms with Gasteiger partial charge in [-0.3, -0.25) is 4.79 Å². The number of benzene rings is 1. The molecule has 37 heavy (non-hydrogen) atoms. The highest BCUT2D eigenvalue weighted by molar-refractivity contribution is 7.09. The maximum atomic E-state index is 11.9. The van der Waals surface area contributed by atoms with Crippen LogP contribution in [0.1, 0.15) is 67.0 Å². The van der Waals surface area contributed by atoms with Gasteiger partial charge >= 0.3 is 5.97 Å². The summed E-state index contributed by atoms with van der Waals surface area (Å²) in [5, 5.41) is 28.8. The van der Waals surface area contributed by atoms with Crippen LogP contribution in [0.15, 0.2) is 28.1 Å². The van der Waals surface area contributed by atoms with Crippen LogP contribution >= 0.6 is 34.5 Å². The Balaban J connectivity index is 1.23. The third kappa shape index (κ3) is 4.51. The molecule has 0 spiro atoms. The van der Waals surface area contributed by atoms with E-state index in [9.17, 15) is 9.90 Å². The first kappa shape index (κ1) is 25.3. The zero-order chi connectivity index (χ0) is 25.9. The number of aliphatic carboxylic acids is 1. The molecule has 6 rings (SSSR count). The van der Waals surface area contributed by atoms with E-state index in [4.69, 9.17) is 37.6 Å². The Labute approximate surface area is 228 Å². The summed E-state index contributed by atoms with van der Waals surface area (Å²) in [6.07, 6.45) is 4.25. The van der Waals surface area contributed by atoms with Crippen molar-refractivity contribution in [3.63, 3.8) is 0 Å². The van der Waals surface area contributed by atoms with Crippen molar-refractivity contribution in [1.29, 1.82) is 0 Å². The average Bonchev–Trinajstić information content (AvgIpc) is 3.42. The zero-order valence-corrected chi connectivity index (χ0v) is 22.7. The summed E-state index contributed by atoms with van der Waals surface area (Å²) in [5.74, 6) is 0.572. The molecular formula is C27H28Cl2N2O5S. The summed E-state index contributed by atoms with van der Waals surface area (Å²) in [7, 11) is 0. The van der Waals surface area contributed by atoms with Crippen LogP contribution in [-0.2, 0) is 28.2 Å². The molecule has 1 aromatic carbocycles. The van der Waals surface area contributed by atoms with Gasteiger partial charge in [0, 0.05) is 22.4 Å². The molecule has 5 atom stereocenters. The first-order valence-corrected chi connectivity index (χ1v) is 14.3. The van der Waals surface area contributed by atoms with Crippen molar-refractivity contribution < 1.29 is 24.3 Å². The van der Waals surface area contributed by atoms with Crippen molar-refractivity contribution in [3.05, 3.63) is 55.6 Å². The molecule has 3 fully saturated rings. The number of carboxylic acids is 1. The minimum Gasteiger partial charge on any atom is -0.481 e.